The molecule has 0 heterocycles. The summed E-state index contributed by atoms with van der Waals surface area (Å²) in [5.41, 5.74) is 3.31. The van der Waals surface area contributed by atoms with E-state index in [1.807, 2.05) is 32.9 Å². The summed E-state index contributed by atoms with van der Waals surface area (Å²) in [6.07, 6.45) is 0.746. The highest BCUT2D eigenvalue weighted by Gasteiger charge is 2.28. The van der Waals surface area contributed by atoms with Crippen LogP contribution in [0.5, 0.6) is 5.75 Å². The van der Waals surface area contributed by atoms with Crippen molar-refractivity contribution in [3.05, 3.63) is 65.2 Å². The molecule has 0 unspecified atom stereocenters. The molecule has 2 rings (SSSR count). The molecule has 0 saturated heterocycles. The second kappa shape index (κ2) is 16.4. The van der Waals surface area contributed by atoms with Crippen LogP contribution in [0.15, 0.2) is 48.5 Å². The van der Waals surface area contributed by atoms with Crippen molar-refractivity contribution in [3.8, 4) is 5.75 Å². The van der Waals surface area contributed by atoms with E-state index in [1.54, 1.807) is 32.0 Å². The fraction of sp³-hybridized carbons (Fsp3) is 0.556. The lowest BCUT2D eigenvalue weighted by molar-refractivity contribution is 0.218. The highest BCUT2D eigenvalue weighted by molar-refractivity contribution is 7.54. The van der Waals surface area contributed by atoms with Crippen LogP contribution in [0.1, 0.15) is 70.1 Å². The Morgan fingerprint density at radius 2 is 1.08 bits per heavy atom. The molecule has 0 aromatic heterocycles. The standard InChI is InChI=1S/C14H23O3P.C13H21O4P/c1-5-16-18(15,17-6-2)11-13(4)14-9-7-8-12(3)10-14;1-4-16-18(15,17-5-2)10-11(3)12-7-6-8-13(14)9-12/h7-10,13H,5-6,11H2,1-4H3;6-9,11,14H,4-5,10H2,1-3H3/t13-;11-/m11/s1. The molecule has 2 atom stereocenters. The molecule has 0 aliphatic carbocycles. The molecule has 0 aliphatic heterocycles. The normalized spacial score (nSPS) is 13.5. The molecule has 0 spiro atoms. The zero-order valence-electron chi connectivity index (χ0n) is 22.8. The molecular weight excluding hydrogens is 498 g/mol. The van der Waals surface area contributed by atoms with E-state index in [0.29, 0.717) is 38.8 Å². The van der Waals surface area contributed by atoms with Crippen LogP contribution in [0.2, 0.25) is 0 Å². The first-order valence-corrected chi connectivity index (χ1v) is 16.1. The van der Waals surface area contributed by atoms with E-state index in [4.69, 9.17) is 18.1 Å². The molecule has 0 fully saturated rings. The van der Waals surface area contributed by atoms with Crippen molar-refractivity contribution in [1.29, 1.82) is 0 Å². The fourth-order valence-electron chi connectivity index (χ4n) is 3.76. The van der Waals surface area contributed by atoms with Gasteiger partial charge in [-0.15, -0.1) is 0 Å². The summed E-state index contributed by atoms with van der Waals surface area (Å²) in [4.78, 5) is 0. The summed E-state index contributed by atoms with van der Waals surface area (Å²) in [7, 11) is -5.99. The summed E-state index contributed by atoms with van der Waals surface area (Å²) in [5.74, 6) is 0.372. The Morgan fingerprint density at radius 3 is 1.44 bits per heavy atom. The van der Waals surface area contributed by atoms with E-state index >= 15 is 0 Å². The van der Waals surface area contributed by atoms with E-state index in [2.05, 4.69) is 32.0 Å². The first-order valence-electron chi connectivity index (χ1n) is 12.6. The van der Waals surface area contributed by atoms with Gasteiger partial charge in [0.05, 0.1) is 38.8 Å². The van der Waals surface area contributed by atoms with Crippen LogP contribution in [0.3, 0.4) is 0 Å². The van der Waals surface area contributed by atoms with Crippen molar-refractivity contribution in [1.82, 2.24) is 0 Å². The molecule has 1 N–H and O–H groups in total. The van der Waals surface area contributed by atoms with Crippen LogP contribution in [-0.2, 0) is 27.2 Å². The second-order valence-electron chi connectivity index (χ2n) is 8.57. The van der Waals surface area contributed by atoms with Gasteiger partial charge < -0.3 is 23.2 Å². The Labute approximate surface area is 217 Å². The Morgan fingerprint density at radius 1 is 0.694 bits per heavy atom. The van der Waals surface area contributed by atoms with Gasteiger partial charge in [-0.2, -0.15) is 0 Å². The summed E-state index contributed by atoms with van der Waals surface area (Å²) in [5, 5.41) is 9.44. The number of hydrogen-bond acceptors (Lipinski definition) is 7. The molecule has 0 amide bonds. The molecular formula is C27H44O7P2. The first kappa shape index (κ1) is 32.6. The predicted octanol–water partition coefficient (Wildman–Crippen LogP) is 8.13. The monoisotopic (exact) mass is 542 g/mol. The van der Waals surface area contributed by atoms with Crippen molar-refractivity contribution in [2.75, 3.05) is 38.8 Å². The third-order valence-corrected chi connectivity index (χ3v) is 9.94. The number of rotatable bonds is 14. The number of benzene rings is 2. The summed E-state index contributed by atoms with van der Waals surface area (Å²) in [6, 6.07) is 15.2. The maximum absolute atomic E-state index is 12.4. The summed E-state index contributed by atoms with van der Waals surface area (Å²) in [6.45, 7) is 14.9. The van der Waals surface area contributed by atoms with Gasteiger partial charge in [0, 0.05) is 0 Å². The van der Waals surface area contributed by atoms with Crippen molar-refractivity contribution >= 4 is 15.2 Å². The van der Waals surface area contributed by atoms with Crippen molar-refractivity contribution in [3.63, 3.8) is 0 Å². The zero-order chi connectivity index (χ0) is 27.2. The zero-order valence-corrected chi connectivity index (χ0v) is 24.6. The van der Waals surface area contributed by atoms with Crippen LogP contribution in [-0.4, -0.2) is 43.9 Å². The largest absolute Gasteiger partial charge is 0.508 e. The van der Waals surface area contributed by atoms with Gasteiger partial charge in [0.2, 0.25) is 0 Å². The third-order valence-electron chi connectivity index (χ3n) is 5.35. The van der Waals surface area contributed by atoms with Gasteiger partial charge in [-0.05, 0) is 69.7 Å². The van der Waals surface area contributed by atoms with E-state index < -0.39 is 15.2 Å². The van der Waals surface area contributed by atoms with E-state index in [1.165, 1.54) is 11.1 Å². The molecule has 36 heavy (non-hydrogen) atoms. The Bertz CT molecular complexity index is 896. The molecule has 204 valence electrons. The van der Waals surface area contributed by atoms with Crippen LogP contribution in [0, 0.1) is 6.92 Å². The molecule has 2 aromatic rings. The van der Waals surface area contributed by atoms with Crippen LogP contribution < -0.4 is 0 Å². The van der Waals surface area contributed by atoms with Gasteiger partial charge in [0.25, 0.3) is 0 Å². The Hall–Kier alpha value is -1.46. The van der Waals surface area contributed by atoms with Crippen LogP contribution >= 0.6 is 15.2 Å². The maximum Gasteiger partial charge on any atom is 0.331 e. The van der Waals surface area contributed by atoms with Gasteiger partial charge in [-0.1, -0.05) is 55.8 Å². The first-order chi connectivity index (χ1) is 17.0. The fourth-order valence-corrected chi connectivity index (χ4v) is 7.67. The number of phenolic OH excluding ortho intramolecular Hbond substituents is 1. The van der Waals surface area contributed by atoms with E-state index in [0.717, 1.165) is 5.56 Å². The van der Waals surface area contributed by atoms with Crippen LogP contribution in [0.25, 0.3) is 0 Å². The SMILES string of the molecule is CCOP(=O)(C[C@@H](C)c1cccc(C)c1)OCC.CCOP(=O)(C[C@@H](C)c1cccc(O)c1)OCC. The highest BCUT2D eigenvalue weighted by atomic mass is 31.2. The number of phenols is 1. The van der Waals surface area contributed by atoms with E-state index in [-0.39, 0.29) is 17.6 Å². The Kier molecular flexibility index (Phi) is 14.8. The van der Waals surface area contributed by atoms with Crippen molar-refractivity contribution in [2.24, 2.45) is 0 Å². The molecule has 9 heteroatoms. The molecule has 0 saturated carbocycles. The van der Waals surface area contributed by atoms with Gasteiger partial charge in [0.1, 0.15) is 5.75 Å². The number of aromatic hydroxyl groups is 1. The average Bonchev–Trinajstić information content (AvgIpc) is 2.80. The predicted molar refractivity (Wildman–Crippen MR) is 148 cm³/mol. The molecule has 0 aliphatic rings. The summed E-state index contributed by atoms with van der Waals surface area (Å²) < 4.78 is 46.0. The lowest BCUT2D eigenvalue weighted by Crippen LogP contribution is -2.06. The van der Waals surface area contributed by atoms with Crippen molar-refractivity contribution < 1.29 is 32.3 Å². The number of hydrogen-bond donors (Lipinski definition) is 1. The van der Waals surface area contributed by atoms with Gasteiger partial charge in [-0.3, -0.25) is 9.13 Å². The Balaban J connectivity index is 0.000000360. The average molecular weight is 543 g/mol. The quantitative estimate of drug-likeness (QED) is 0.241. The van der Waals surface area contributed by atoms with Gasteiger partial charge >= 0.3 is 15.2 Å². The molecule has 0 bridgehead atoms. The lowest BCUT2D eigenvalue weighted by atomic mass is 10.0. The van der Waals surface area contributed by atoms with E-state index in [9.17, 15) is 14.2 Å². The lowest BCUT2D eigenvalue weighted by Gasteiger charge is -2.21. The van der Waals surface area contributed by atoms with Crippen molar-refractivity contribution in [2.45, 2.75) is 60.3 Å². The maximum atomic E-state index is 12.4. The van der Waals surface area contributed by atoms with Gasteiger partial charge in [0.15, 0.2) is 0 Å². The third kappa shape index (κ3) is 11.7. The molecule has 0 radical (unpaired) electrons. The van der Waals surface area contributed by atoms with Crippen LogP contribution in [0.4, 0.5) is 0 Å². The molecule has 7 nitrogen and oxygen atoms in total. The topological polar surface area (TPSA) is 91.3 Å². The summed E-state index contributed by atoms with van der Waals surface area (Å²) >= 11 is 0. The molecule has 2 aromatic carbocycles. The number of aryl methyl sites for hydroxylation is 1. The minimum absolute atomic E-state index is 0.000957. The van der Waals surface area contributed by atoms with Gasteiger partial charge in [-0.25, -0.2) is 0 Å². The minimum Gasteiger partial charge on any atom is -0.508 e. The second-order valence-corrected chi connectivity index (χ2v) is 12.8. The minimum atomic E-state index is -3.04. The highest BCUT2D eigenvalue weighted by Crippen LogP contribution is 2.52. The smallest absolute Gasteiger partial charge is 0.331 e.